The van der Waals surface area contributed by atoms with Gasteiger partial charge in [0, 0.05) is 17.0 Å². The zero-order valence-electron chi connectivity index (χ0n) is 16.5. The number of hydrogen-bond acceptors (Lipinski definition) is 6. The molecule has 3 fully saturated rings. The Bertz CT molecular complexity index is 1070. The van der Waals surface area contributed by atoms with E-state index in [9.17, 15) is 10.2 Å². The average Bonchev–Trinajstić information content (AvgIpc) is 3.10. The minimum absolute atomic E-state index is 0.0230. The van der Waals surface area contributed by atoms with E-state index in [4.69, 9.17) is 19.2 Å². The van der Waals surface area contributed by atoms with Crippen LogP contribution in [0.25, 0.3) is 22.3 Å². The number of H-pyrrole nitrogens is 1. The fraction of sp³-hybridized carbons (Fsp3) is 0.435. The second-order valence-electron chi connectivity index (χ2n) is 8.60. The molecule has 7 nitrogen and oxygen atoms in total. The van der Waals surface area contributed by atoms with Crippen molar-refractivity contribution in [1.29, 1.82) is 0 Å². The summed E-state index contributed by atoms with van der Waals surface area (Å²) in [4.78, 5) is 8.03. The van der Waals surface area contributed by atoms with Gasteiger partial charge in [-0.25, -0.2) is 4.98 Å². The normalized spacial score (nSPS) is 29.3. The van der Waals surface area contributed by atoms with Crippen LogP contribution in [-0.4, -0.2) is 64.4 Å². The monoisotopic (exact) mass is 408 g/mol. The Kier molecular flexibility index (Phi) is 4.14. The van der Waals surface area contributed by atoms with Crippen molar-refractivity contribution in [3.8, 4) is 17.1 Å². The molecule has 1 aliphatic carbocycles. The van der Waals surface area contributed by atoms with E-state index in [1.54, 1.807) is 0 Å². The van der Waals surface area contributed by atoms with Gasteiger partial charge in [0.1, 0.15) is 18.3 Å². The van der Waals surface area contributed by atoms with Crippen molar-refractivity contribution in [2.75, 3.05) is 19.8 Å². The number of aromatic amines is 1. The predicted octanol–water partition coefficient (Wildman–Crippen LogP) is 2.16. The number of hydrogen-bond donors (Lipinski definition) is 3. The molecule has 4 heterocycles. The molecule has 0 spiro atoms. The van der Waals surface area contributed by atoms with Crippen molar-refractivity contribution in [3.05, 3.63) is 48.0 Å². The van der Waals surface area contributed by atoms with Gasteiger partial charge < -0.3 is 29.4 Å². The molecule has 3 aliphatic rings. The molecular weight excluding hydrogens is 384 g/mol. The van der Waals surface area contributed by atoms with Gasteiger partial charge in [0.15, 0.2) is 12.0 Å². The number of aromatic nitrogens is 2. The molecule has 0 bridgehead atoms. The molecule has 1 aromatic carbocycles. The Hall–Kier alpha value is -2.45. The van der Waals surface area contributed by atoms with Gasteiger partial charge in [-0.1, -0.05) is 24.3 Å². The third-order valence-electron chi connectivity index (χ3n) is 6.66. The number of rotatable bonds is 5. The highest BCUT2D eigenvalue weighted by atomic mass is 16.6. The first-order valence-corrected chi connectivity index (χ1v) is 10.4. The molecule has 0 amide bonds. The van der Waals surface area contributed by atoms with E-state index < -0.39 is 6.10 Å². The maximum absolute atomic E-state index is 9.88. The van der Waals surface area contributed by atoms with Crippen LogP contribution >= 0.6 is 0 Å². The van der Waals surface area contributed by atoms with E-state index in [-0.39, 0.29) is 36.9 Å². The standard InChI is InChI=1S/C23H24N2O5/c26-12-23(7-8-23)14-3-1-13(2-4-14)15-5-6-16-17(24-15)9-20(25-16)30-19-11-29-21-18(27)10-28-22(19)21/h1-6,9,18-19,21-22,25-27H,7-8,10-12H2/t18-,19-,21?,22-/m1/s1. The third kappa shape index (κ3) is 2.93. The van der Waals surface area contributed by atoms with E-state index in [1.165, 1.54) is 5.56 Å². The van der Waals surface area contributed by atoms with Crippen molar-refractivity contribution >= 4 is 11.0 Å². The van der Waals surface area contributed by atoms with Crippen LogP contribution in [0.15, 0.2) is 42.5 Å². The fourth-order valence-corrected chi connectivity index (χ4v) is 4.60. The lowest BCUT2D eigenvalue weighted by atomic mass is 9.95. The van der Waals surface area contributed by atoms with Gasteiger partial charge in [-0.05, 0) is 30.5 Å². The molecule has 2 aromatic heterocycles. The highest BCUT2D eigenvalue weighted by Gasteiger charge is 2.48. The summed E-state index contributed by atoms with van der Waals surface area (Å²) in [7, 11) is 0. The SMILES string of the molecule is OCC1(c2ccc(-c3ccc4[nH]c(O[C@@H]5COC6[C@H](O)CO[C@@H]65)cc4n3)cc2)CC1. The fourth-order valence-electron chi connectivity index (χ4n) is 4.60. The molecule has 156 valence electrons. The minimum Gasteiger partial charge on any atom is -0.470 e. The van der Waals surface area contributed by atoms with Crippen LogP contribution in [0.1, 0.15) is 18.4 Å². The van der Waals surface area contributed by atoms with E-state index in [0.717, 1.165) is 35.1 Å². The Balaban J connectivity index is 1.22. The molecule has 2 aliphatic heterocycles. The molecule has 3 aromatic rings. The number of pyridine rings is 1. The third-order valence-corrected chi connectivity index (χ3v) is 6.66. The van der Waals surface area contributed by atoms with Crippen LogP contribution in [0, 0.1) is 0 Å². The van der Waals surface area contributed by atoms with Gasteiger partial charge >= 0.3 is 0 Å². The highest BCUT2D eigenvalue weighted by Crippen LogP contribution is 2.47. The summed E-state index contributed by atoms with van der Waals surface area (Å²) in [5.74, 6) is 0.614. The zero-order chi connectivity index (χ0) is 20.3. The Labute approximate surface area is 173 Å². The lowest BCUT2D eigenvalue weighted by molar-refractivity contribution is 0.00794. The summed E-state index contributed by atoms with van der Waals surface area (Å²) < 4.78 is 17.3. The van der Waals surface area contributed by atoms with Gasteiger partial charge in [0.2, 0.25) is 0 Å². The quantitative estimate of drug-likeness (QED) is 0.599. The summed E-state index contributed by atoms with van der Waals surface area (Å²) in [5, 5.41) is 19.5. The Morgan fingerprint density at radius 3 is 2.63 bits per heavy atom. The Morgan fingerprint density at radius 2 is 1.87 bits per heavy atom. The largest absolute Gasteiger partial charge is 0.470 e. The van der Waals surface area contributed by atoms with Crippen molar-refractivity contribution in [1.82, 2.24) is 9.97 Å². The molecule has 4 atom stereocenters. The summed E-state index contributed by atoms with van der Waals surface area (Å²) in [5.41, 5.74) is 4.82. The lowest BCUT2D eigenvalue weighted by Crippen LogP contribution is -2.34. The van der Waals surface area contributed by atoms with Gasteiger partial charge in [-0.15, -0.1) is 0 Å². The number of aliphatic hydroxyl groups excluding tert-OH is 2. The number of nitrogens with zero attached hydrogens (tertiary/aromatic N) is 1. The summed E-state index contributed by atoms with van der Waals surface area (Å²) >= 11 is 0. The molecule has 1 unspecified atom stereocenters. The van der Waals surface area contributed by atoms with Gasteiger partial charge in [-0.2, -0.15) is 0 Å². The lowest BCUT2D eigenvalue weighted by Gasteiger charge is -2.16. The number of benzene rings is 1. The Morgan fingerprint density at radius 1 is 1.07 bits per heavy atom. The van der Waals surface area contributed by atoms with Gasteiger partial charge in [-0.3, -0.25) is 0 Å². The first kappa shape index (κ1) is 18.3. The first-order chi connectivity index (χ1) is 14.6. The molecule has 7 heteroatoms. The molecule has 1 saturated carbocycles. The molecule has 2 saturated heterocycles. The first-order valence-electron chi connectivity index (χ1n) is 10.4. The molecule has 6 rings (SSSR count). The number of nitrogens with one attached hydrogen (secondary N) is 1. The van der Waals surface area contributed by atoms with E-state index in [1.807, 2.05) is 18.2 Å². The number of fused-ring (bicyclic) bond motifs is 2. The maximum Gasteiger partial charge on any atom is 0.193 e. The molecule has 0 radical (unpaired) electrons. The maximum atomic E-state index is 9.88. The smallest absolute Gasteiger partial charge is 0.193 e. The highest BCUT2D eigenvalue weighted by molar-refractivity contribution is 5.80. The molecule has 3 N–H and O–H groups in total. The van der Waals surface area contributed by atoms with Crippen molar-refractivity contribution in [3.63, 3.8) is 0 Å². The number of aliphatic hydroxyl groups is 2. The van der Waals surface area contributed by atoms with Crippen molar-refractivity contribution in [2.45, 2.75) is 42.7 Å². The zero-order valence-corrected chi connectivity index (χ0v) is 16.5. The van der Waals surface area contributed by atoms with E-state index in [2.05, 4.69) is 29.2 Å². The predicted molar refractivity (Wildman–Crippen MR) is 109 cm³/mol. The van der Waals surface area contributed by atoms with Gasteiger partial charge in [0.05, 0.1) is 36.5 Å². The summed E-state index contributed by atoms with van der Waals surface area (Å²) in [6, 6.07) is 14.2. The topological polar surface area (TPSA) is 96.8 Å². The van der Waals surface area contributed by atoms with Crippen LogP contribution in [0.2, 0.25) is 0 Å². The van der Waals surface area contributed by atoms with Crippen LogP contribution in [0.3, 0.4) is 0 Å². The molecule has 30 heavy (non-hydrogen) atoms. The molecular formula is C23H24N2O5. The summed E-state index contributed by atoms with van der Waals surface area (Å²) in [6.45, 7) is 0.882. The number of ether oxygens (including phenoxy) is 3. The second kappa shape index (κ2) is 6.78. The van der Waals surface area contributed by atoms with Crippen LogP contribution < -0.4 is 4.74 Å². The van der Waals surface area contributed by atoms with Crippen molar-refractivity contribution < 1.29 is 24.4 Å². The van der Waals surface area contributed by atoms with Gasteiger partial charge in [0.25, 0.3) is 0 Å². The summed E-state index contributed by atoms with van der Waals surface area (Å²) in [6.07, 6.45) is 0.700. The van der Waals surface area contributed by atoms with E-state index in [0.29, 0.717) is 12.5 Å². The van der Waals surface area contributed by atoms with Crippen LogP contribution in [-0.2, 0) is 14.9 Å². The van der Waals surface area contributed by atoms with Crippen molar-refractivity contribution in [2.24, 2.45) is 0 Å². The second-order valence-corrected chi connectivity index (χ2v) is 8.60. The van der Waals surface area contributed by atoms with E-state index >= 15 is 0 Å². The minimum atomic E-state index is -0.589. The van der Waals surface area contributed by atoms with Crippen LogP contribution in [0.4, 0.5) is 0 Å². The average molecular weight is 408 g/mol. The van der Waals surface area contributed by atoms with Crippen LogP contribution in [0.5, 0.6) is 5.88 Å².